The van der Waals surface area contributed by atoms with E-state index in [0.717, 1.165) is 37.8 Å². The number of sulfonamides is 1. The number of nitrogens with one attached hydrogen (secondary N) is 3. The number of halogens is 2. The van der Waals surface area contributed by atoms with Crippen molar-refractivity contribution in [3.8, 4) is 0 Å². The highest BCUT2D eigenvalue weighted by atomic mass is 35.5. The number of anilines is 4. The number of aromatic nitrogens is 2. The molecule has 9 nitrogen and oxygen atoms in total. The molecule has 3 heterocycles. The Morgan fingerprint density at radius 1 is 1.14 bits per heavy atom. The Morgan fingerprint density at radius 3 is 2.57 bits per heavy atom. The quantitative estimate of drug-likeness (QED) is 0.347. The third kappa shape index (κ3) is 5.80. The van der Waals surface area contributed by atoms with Crippen molar-refractivity contribution in [1.82, 2.24) is 15.3 Å². The molecule has 0 atom stereocenters. The minimum Gasteiger partial charge on any atom is -0.324 e. The van der Waals surface area contributed by atoms with Gasteiger partial charge in [0.2, 0.25) is 16.0 Å². The molecule has 1 amide bonds. The van der Waals surface area contributed by atoms with E-state index < -0.39 is 10.0 Å². The van der Waals surface area contributed by atoms with Gasteiger partial charge in [0.1, 0.15) is 5.03 Å². The predicted molar refractivity (Wildman–Crippen MR) is 149 cm³/mol. The molecule has 0 unspecified atom stereocenters. The van der Waals surface area contributed by atoms with E-state index in [9.17, 15) is 13.2 Å². The lowest BCUT2D eigenvalue weighted by Crippen LogP contribution is -2.35. The fraction of sp³-hybridized carbons (Fsp3) is 0.292. The second kappa shape index (κ2) is 10.7. The summed E-state index contributed by atoms with van der Waals surface area (Å²) in [4.78, 5) is 23.6. The summed E-state index contributed by atoms with van der Waals surface area (Å²) in [5, 5.41) is 7.77. The zero-order valence-corrected chi connectivity index (χ0v) is 22.9. The van der Waals surface area contributed by atoms with Crippen LogP contribution in [0.1, 0.15) is 34.7 Å². The predicted octanol–water partition coefficient (Wildman–Crippen LogP) is 5.08. The number of hydrogen-bond acceptors (Lipinski definition) is 8. The average Bonchev–Trinajstić information content (AvgIpc) is 2.85. The number of benzene rings is 2. The van der Waals surface area contributed by atoms with E-state index in [0.29, 0.717) is 49.5 Å². The molecule has 0 saturated carbocycles. The van der Waals surface area contributed by atoms with E-state index in [1.807, 2.05) is 12.1 Å². The van der Waals surface area contributed by atoms with Crippen LogP contribution in [-0.4, -0.2) is 49.5 Å². The van der Waals surface area contributed by atoms with Gasteiger partial charge in [-0.25, -0.2) is 18.4 Å². The first kappa shape index (κ1) is 26.1. The molecule has 1 aromatic heterocycles. The Bertz CT molecular complexity index is 1440. The molecule has 37 heavy (non-hydrogen) atoms. The second-order valence-electron chi connectivity index (χ2n) is 8.81. The maximum atomic E-state index is 13.2. The van der Waals surface area contributed by atoms with Crippen molar-refractivity contribution in [1.29, 1.82) is 0 Å². The molecule has 2 aliphatic heterocycles. The lowest BCUT2D eigenvalue weighted by Gasteiger charge is -2.28. The Morgan fingerprint density at radius 2 is 1.86 bits per heavy atom. The number of nitrogens with zero attached hydrogens (tertiary/aromatic N) is 3. The third-order valence-electron chi connectivity index (χ3n) is 6.15. The molecule has 2 aromatic carbocycles. The monoisotopic (exact) mass is 578 g/mol. The lowest BCUT2D eigenvalue weighted by atomic mass is 9.89. The molecular formula is C24H24Cl2N6O3S2. The zero-order chi connectivity index (χ0) is 26.2. The summed E-state index contributed by atoms with van der Waals surface area (Å²) >= 11 is 14.0. The fourth-order valence-electron chi connectivity index (χ4n) is 4.47. The fourth-order valence-corrected chi connectivity index (χ4v) is 6.59. The van der Waals surface area contributed by atoms with Crippen molar-refractivity contribution < 1.29 is 13.2 Å². The minimum atomic E-state index is -3.47. The van der Waals surface area contributed by atoms with E-state index in [4.69, 9.17) is 23.2 Å². The Hall–Kier alpha value is -2.57. The molecule has 13 heteroatoms. The van der Waals surface area contributed by atoms with Crippen molar-refractivity contribution in [2.75, 3.05) is 40.2 Å². The van der Waals surface area contributed by atoms with Crippen LogP contribution in [0.4, 0.5) is 23.0 Å². The first-order valence-corrected chi connectivity index (χ1v) is 15.2. The Balaban J connectivity index is 1.40. The molecule has 0 aliphatic carbocycles. The van der Waals surface area contributed by atoms with Crippen LogP contribution in [0.2, 0.25) is 10.0 Å². The van der Waals surface area contributed by atoms with Crippen LogP contribution in [0.15, 0.2) is 47.6 Å². The van der Waals surface area contributed by atoms with Crippen molar-refractivity contribution in [2.24, 2.45) is 0 Å². The number of rotatable bonds is 6. The van der Waals surface area contributed by atoms with Crippen molar-refractivity contribution in [3.05, 3.63) is 63.8 Å². The van der Waals surface area contributed by atoms with Gasteiger partial charge < -0.3 is 10.6 Å². The van der Waals surface area contributed by atoms with E-state index in [-0.39, 0.29) is 11.8 Å². The molecule has 2 aliphatic rings. The normalized spacial score (nSPS) is 16.4. The van der Waals surface area contributed by atoms with Crippen molar-refractivity contribution in [2.45, 2.75) is 23.8 Å². The number of fused-ring (bicyclic) bond motifs is 1. The summed E-state index contributed by atoms with van der Waals surface area (Å²) in [6.45, 7) is 1.78. The third-order valence-corrected chi connectivity index (χ3v) is 8.32. The van der Waals surface area contributed by atoms with Gasteiger partial charge in [0.15, 0.2) is 0 Å². The highest BCUT2D eigenvalue weighted by Crippen LogP contribution is 2.40. The van der Waals surface area contributed by atoms with Crippen LogP contribution < -0.4 is 20.3 Å². The summed E-state index contributed by atoms with van der Waals surface area (Å²) in [6, 6.07) is 10.7. The van der Waals surface area contributed by atoms with E-state index >= 15 is 0 Å². The summed E-state index contributed by atoms with van der Waals surface area (Å²) in [5.74, 6) is 0.556. The standard InChI is InChI=1S/C24H24Cl2N6O3S2/c1-37(34,35)31-20-11-15(5-6-16(20)14-7-9-27-10-8-14)29-24-28-12-17-22(30-24)36-13-32(23(17)33)21-18(25)3-2-4-19(21)26/h2-6,11-12,14,27,31H,7-10,13H2,1H3,(H,28,29,30). The van der Waals surface area contributed by atoms with Gasteiger partial charge in [0.25, 0.3) is 5.91 Å². The number of thioether (sulfide) groups is 1. The molecule has 1 saturated heterocycles. The molecule has 194 valence electrons. The first-order valence-electron chi connectivity index (χ1n) is 11.5. The van der Waals surface area contributed by atoms with Gasteiger partial charge in [0.05, 0.1) is 39.1 Å². The van der Waals surface area contributed by atoms with Gasteiger partial charge in [-0.2, -0.15) is 0 Å². The van der Waals surface area contributed by atoms with E-state index in [1.165, 1.54) is 22.9 Å². The largest absolute Gasteiger partial charge is 0.324 e. The second-order valence-corrected chi connectivity index (χ2v) is 12.3. The molecular weight excluding hydrogens is 555 g/mol. The average molecular weight is 580 g/mol. The topological polar surface area (TPSA) is 116 Å². The van der Waals surface area contributed by atoms with Crippen LogP contribution >= 0.6 is 35.0 Å². The van der Waals surface area contributed by atoms with Crippen LogP contribution in [0.5, 0.6) is 0 Å². The molecule has 0 spiro atoms. The summed E-state index contributed by atoms with van der Waals surface area (Å²) in [6.07, 6.45) is 4.47. The molecule has 5 rings (SSSR count). The lowest BCUT2D eigenvalue weighted by molar-refractivity contribution is 0.0985. The van der Waals surface area contributed by atoms with E-state index in [2.05, 4.69) is 25.3 Å². The molecule has 1 fully saturated rings. The van der Waals surface area contributed by atoms with Crippen LogP contribution in [-0.2, 0) is 10.0 Å². The number of hydrogen-bond donors (Lipinski definition) is 3. The number of carbonyl (C=O) groups excluding carboxylic acids is 1. The first-order chi connectivity index (χ1) is 17.7. The molecule has 0 bridgehead atoms. The summed E-state index contributed by atoms with van der Waals surface area (Å²) in [7, 11) is -3.47. The smallest absolute Gasteiger partial charge is 0.263 e. The molecule has 3 N–H and O–H groups in total. The van der Waals surface area contributed by atoms with Crippen molar-refractivity contribution >= 4 is 73.9 Å². The van der Waals surface area contributed by atoms with Gasteiger partial charge in [-0.3, -0.25) is 14.4 Å². The Kier molecular flexibility index (Phi) is 7.51. The SMILES string of the molecule is CS(=O)(=O)Nc1cc(Nc2ncc3c(n2)SCN(c2c(Cl)cccc2Cl)C3=O)ccc1C1CCNCC1. The van der Waals surface area contributed by atoms with Crippen LogP contribution in [0.3, 0.4) is 0 Å². The van der Waals surface area contributed by atoms with Crippen molar-refractivity contribution in [3.63, 3.8) is 0 Å². The maximum Gasteiger partial charge on any atom is 0.263 e. The van der Waals surface area contributed by atoms with Gasteiger partial charge in [-0.1, -0.05) is 47.1 Å². The maximum absolute atomic E-state index is 13.2. The minimum absolute atomic E-state index is 0.261. The van der Waals surface area contributed by atoms with Gasteiger partial charge in [0, 0.05) is 11.9 Å². The zero-order valence-electron chi connectivity index (χ0n) is 19.8. The summed E-state index contributed by atoms with van der Waals surface area (Å²) < 4.78 is 26.7. The van der Waals surface area contributed by atoms with Gasteiger partial charge >= 0.3 is 0 Å². The number of para-hydroxylation sites is 1. The van der Waals surface area contributed by atoms with Crippen LogP contribution in [0, 0.1) is 0 Å². The van der Waals surface area contributed by atoms with Crippen LogP contribution in [0.25, 0.3) is 0 Å². The van der Waals surface area contributed by atoms with E-state index in [1.54, 1.807) is 24.3 Å². The molecule has 3 aromatic rings. The Labute approximate surface area is 229 Å². The molecule has 0 radical (unpaired) electrons. The summed E-state index contributed by atoms with van der Waals surface area (Å²) in [5.41, 5.74) is 2.92. The van der Waals surface area contributed by atoms with Gasteiger partial charge in [-0.05, 0) is 61.7 Å². The highest BCUT2D eigenvalue weighted by Gasteiger charge is 2.30. The number of piperidine rings is 1. The highest BCUT2D eigenvalue weighted by molar-refractivity contribution is 7.99. The number of amides is 1. The number of carbonyl (C=O) groups is 1. The van der Waals surface area contributed by atoms with Gasteiger partial charge in [-0.15, -0.1) is 0 Å².